The molecule has 3 nitrogen and oxygen atoms in total. The van der Waals surface area contributed by atoms with Crippen LogP contribution in [0.3, 0.4) is 0 Å². The van der Waals surface area contributed by atoms with Gasteiger partial charge in [0, 0.05) is 5.02 Å². The Morgan fingerprint density at radius 3 is 2.50 bits per heavy atom. The Kier molecular flexibility index (Phi) is 4.01. The van der Waals surface area contributed by atoms with E-state index in [1.54, 1.807) is 6.92 Å². The molecule has 0 aliphatic carbocycles. The van der Waals surface area contributed by atoms with Crippen molar-refractivity contribution in [1.29, 1.82) is 0 Å². The number of rotatable bonds is 3. The highest BCUT2D eigenvalue weighted by atomic mass is 35.5. The number of hydrogen-bond acceptors (Lipinski definition) is 3. The van der Waals surface area contributed by atoms with Gasteiger partial charge in [0.25, 0.3) is 0 Å². The smallest absolute Gasteiger partial charge is 0.184 e. The number of aryl methyl sites for hydroxylation is 1. The Morgan fingerprint density at radius 1 is 1.20 bits per heavy atom. The minimum atomic E-state index is -3.60. The molecule has 2 rings (SSSR count). The molecule has 0 aliphatic heterocycles. The third-order valence-corrected chi connectivity index (χ3v) is 4.93. The average Bonchev–Trinajstić information content (AvgIpc) is 2.32. The Bertz CT molecular complexity index is 760. The monoisotopic (exact) mass is 313 g/mol. The van der Waals surface area contributed by atoms with Crippen LogP contribution in [0.1, 0.15) is 11.1 Å². The van der Waals surface area contributed by atoms with E-state index in [9.17, 15) is 12.8 Å². The molecule has 0 saturated carbocycles. The number of benzene rings is 2. The summed E-state index contributed by atoms with van der Waals surface area (Å²) in [6, 6.07) is 8.26. The zero-order valence-corrected chi connectivity index (χ0v) is 12.3. The van der Waals surface area contributed by atoms with Crippen molar-refractivity contribution in [2.24, 2.45) is 0 Å². The van der Waals surface area contributed by atoms with Gasteiger partial charge in [0.2, 0.25) is 0 Å². The predicted molar refractivity (Wildman–Crippen MR) is 77.9 cm³/mol. The quantitative estimate of drug-likeness (QED) is 0.884. The Hall–Kier alpha value is -1.59. The molecule has 0 spiro atoms. The predicted octanol–water partition coefficient (Wildman–Crippen LogP) is 3.34. The molecule has 106 valence electrons. The molecule has 0 atom stereocenters. The van der Waals surface area contributed by atoms with Gasteiger partial charge in [-0.2, -0.15) is 0 Å². The zero-order valence-electron chi connectivity index (χ0n) is 10.7. The minimum absolute atomic E-state index is 0.0330. The van der Waals surface area contributed by atoms with Crippen LogP contribution in [0.5, 0.6) is 0 Å². The van der Waals surface area contributed by atoms with Crippen LogP contribution < -0.4 is 5.73 Å². The lowest BCUT2D eigenvalue weighted by atomic mass is 10.1. The van der Waals surface area contributed by atoms with Gasteiger partial charge in [-0.3, -0.25) is 0 Å². The number of nitrogens with two attached hydrogens (primary N) is 1. The number of nitrogen functional groups attached to an aromatic ring is 1. The third kappa shape index (κ3) is 3.11. The van der Waals surface area contributed by atoms with Gasteiger partial charge in [-0.15, -0.1) is 0 Å². The SMILES string of the molecule is Cc1cc(F)ccc1CS(=O)(=O)c1ccc(Cl)cc1N. The lowest BCUT2D eigenvalue weighted by molar-refractivity contribution is 0.595. The minimum Gasteiger partial charge on any atom is -0.398 e. The van der Waals surface area contributed by atoms with E-state index in [0.717, 1.165) is 0 Å². The van der Waals surface area contributed by atoms with Crippen LogP contribution in [0.25, 0.3) is 0 Å². The van der Waals surface area contributed by atoms with Crippen LogP contribution in [0.4, 0.5) is 10.1 Å². The summed E-state index contributed by atoms with van der Waals surface area (Å²) in [6.45, 7) is 1.67. The van der Waals surface area contributed by atoms with Gasteiger partial charge in [0.05, 0.1) is 16.3 Å². The van der Waals surface area contributed by atoms with Crippen LogP contribution >= 0.6 is 11.6 Å². The van der Waals surface area contributed by atoms with Crippen LogP contribution in [0.15, 0.2) is 41.3 Å². The first-order valence-corrected chi connectivity index (χ1v) is 7.85. The topological polar surface area (TPSA) is 60.2 Å². The van der Waals surface area contributed by atoms with Gasteiger partial charge in [-0.1, -0.05) is 17.7 Å². The summed E-state index contributed by atoms with van der Waals surface area (Å²) < 4.78 is 37.7. The van der Waals surface area contributed by atoms with Crippen molar-refractivity contribution >= 4 is 27.1 Å². The van der Waals surface area contributed by atoms with Gasteiger partial charge in [-0.05, 0) is 48.4 Å². The molecule has 0 heterocycles. The maximum atomic E-state index is 13.0. The van der Waals surface area contributed by atoms with E-state index in [4.69, 9.17) is 17.3 Å². The molecule has 2 aromatic carbocycles. The van der Waals surface area contributed by atoms with Crippen molar-refractivity contribution in [2.75, 3.05) is 5.73 Å². The largest absolute Gasteiger partial charge is 0.398 e. The van der Waals surface area contributed by atoms with Crippen LogP contribution in [-0.4, -0.2) is 8.42 Å². The van der Waals surface area contributed by atoms with E-state index in [1.165, 1.54) is 36.4 Å². The molecule has 0 unspecified atom stereocenters. The van der Waals surface area contributed by atoms with Crippen LogP contribution in [0.2, 0.25) is 5.02 Å². The Morgan fingerprint density at radius 2 is 1.90 bits per heavy atom. The summed E-state index contributed by atoms with van der Waals surface area (Å²) in [7, 11) is -3.60. The van der Waals surface area contributed by atoms with E-state index >= 15 is 0 Å². The fourth-order valence-corrected chi connectivity index (χ4v) is 3.67. The molecule has 0 saturated heterocycles. The lowest BCUT2D eigenvalue weighted by Crippen LogP contribution is -2.09. The summed E-state index contributed by atoms with van der Waals surface area (Å²) in [4.78, 5) is 0.0330. The Labute approximate surface area is 122 Å². The van der Waals surface area contributed by atoms with Crippen LogP contribution in [0, 0.1) is 12.7 Å². The van der Waals surface area contributed by atoms with Crippen molar-refractivity contribution in [3.63, 3.8) is 0 Å². The van der Waals surface area contributed by atoms with E-state index in [1.807, 2.05) is 0 Å². The van der Waals surface area contributed by atoms with E-state index in [2.05, 4.69) is 0 Å². The number of anilines is 1. The molecule has 2 aromatic rings. The second-order valence-electron chi connectivity index (χ2n) is 4.51. The van der Waals surface area contributed by atoms with Crippen molar-refractivity contribution in [1.82, 2.24) is 0 Å². The Balaban J connectivity index is 2.41. The first-order valence-electron chi connectivity index (χ1n) is 5.82. The molecular formula is C14H13ClFNO2S. The first kappa shape index (κ1) is 14.8. The molecule has 2 N–H and O–H groups in total. The standard InChI is InChI=1S/C14H13ClFNO2S/c1-9-6-12(16)4-2-10(9)8-20(18,19)14-5-3-11(15)7-13(14)17/h2-7H,8,17H2,1H3. The highest BCUT2D eigenvalue weighted by Gasteiger charge is 2.19. The molecule has 0 aliphatic rings. The number of hydrogen-bond donors (Lipinski definition) is 1. The zero-order chi connectivity index (χ0) is 14.9. The molecule has 0 radical (unpaired) electrons. The average molecular weight is 314 g/mol. The van der Waals surface area contributed by atoms with Crippen molar-refractivity contribution in [3.8, 4) is 0 Å². The van der Waals surface area contributed by atoms with E-state index in [0.29, 0.717) is 16.1 Å². The van der Waals surface area contributed by atoms with Gasteiger partial charge in [0.1, 0.15) is 5.82 Å². The molecule has 0 amide bonds. The second-order valence-corrected chi connectivity index (χ2v) is 6.91. The summed E-state index contributed by atoms with van der Waals surface area (Å²) in [5, 5.41) is 0.374. The van der Waals surface area contributed by atoms with Crippen LogP contribution in [-0.2, 0) is 15.6 Å². The van der Waals surface area contributed by atoms with Gasteiger partial charge < -0.3 is 5.73 Å². The second kappa shape index (κ2) is 5.42. The van der Waals surface area contributed by atoms with E-state index in [-0.39, 0.29) is 16.3 Å². The molecule has 0 fully saturated rings. The maximum absolute atomic E-state index is 13.0. The maximum Gasteiger partial charge on any atom is 0.184 e. The first-order chi connectivity index (χ1) is 9.29. The molecule has 6 heteroatoms. The molecule has 0 aromatic heterocycles. The third-order valence-electron chi connectivity index (χ3n) is 2.96. The molecule has 0 bridgehead atoms. The molecule has 20 heavy (non-hydrogen) atoms. The van der Waals surface area contributed by atoms with Gasteiger partial charge in [0.15, 0.2) is 9.84 Å². The van der Waals surface area contributed by atoms with Crippen molar-refractivity contribution < 1.29 is 12.8 Å². The summed E-state index contributed by atoms with van der Waals surface area (Å²) >= 11 is 5.75. The summed E-state index contributed by atoms with van der Waals surface area (Å²) in [5.74, 6) is -0.625. The van der Waals surface area contributed by atoms with Gasteiger partial charge in [-0.25, -0.2) is 12.8 Å². The van der Waals surface area contributed by atoms with Crippen molar-refractivity contribution in [3.05, 3.63) is 58.4 Å². The normalized spacial score (nSPS) is 11.6. The number of halogens is 2. The van der Waals surface area contributed by atoms with Crippen molar-refractivity contribution in [2.45, 2.75) is 17.6 Å². The highest BCUT2D eigenvalue weighted by Crippen LogP contribution is 2.26. The number of sulfone groups is 1. The fourth-order valence-electron chi connectivity index (χ4n) is 1.91. The molecular weight excluding hydrogens is 301 g/mol. The lowest BCUT2D eigenvalue weighted by Gasteiger charge is -2.10. The van der Waals surface area contributed by atoms with E-state index < -0.39 is 15.7 Å². The summed E-state index contributed by atoms with van der Waals surface area (Å²) in [5.41, 5.74) is 6.94. The fraction of sp³-hybridized carbons (Fsp3) is 0.143. The summed E-state index contributed by atoms with van der Waals surface area (Å²) in [6.07, 6.45) is 0. The highest BCUT2D eigenvalue weighted by molar-refractivity contribution is 7.90. The van der Waals surface area contributed by atoms with Gasteiger partial charge >= 0.3 is 0 Å².